The standard InChI is InChI=1S/C22H27N3O3/c1-5-24(2)15-22(26)25-20(14-19(23-25)16-9-7-6-8-10-16)18-13-17(27-3)11-12-21(18)28-4/h6-13,20H,5,14-15H2,1-4H3. The van der Waals surface area contributed by atoms with Gasteiger partial charge in [-0.1, -0.05) is 37.3 Å². The Morgan fingerprint density at radius 1 is 1.18 bits per heavy atom. The first-order valence-electron chi connectivity index (χ1n) is 9.42. The van der Waals surface area contributed by atoms with Gasteiger partial charge in [0.2, 0.25) is 0 Å². The molecule has 6 heteroatoms. The van der Waals surface area contributed by atoms with Crippen molar-refractivity contribution in [3.05, 3.63) is 59.7 Å². The average molecular weight is 381 g/mol. The van der Waals surface area contributed by atoms with Crippen LogP contribution in [0.15, 0.2) is 53.6 Å². The Labute approximate surface area is 166 Å². The molecule has 0 aromatic heterocycles. The van der Waals surface area contributed by atoms with E-state index in [0.717, 1.165) is 34.9 Å². The van der Waals surface area contributed by atoms with Crippen molar-refractivity contribution in [3.8, 4) is 11.5 Å². The second-order valence-corrected chi connectivity index (χ2v) is 6.81. The zero-order valence-corrected chi connectivity index (χ0v) is 16.9. The van der Waals surface area contributed by atoms with Gasteiger partial charge in [-0.3, -0.25) is 9.69 Å². The summed E-state index contributed by atoms with van der Waals surface area (Å²) < 4.78 is 11.0. The van der Waals surface area contributed by atoms with Crippen molar-refractivity contribution in [2.45, 2.75) is 19.4 Å². The maximum Gasteiger partial charge on any atom is 0.257 e. The third-order valence-electron chi connectivity index (χ3n) is 5.01. The van der Waals surface area contributed by atoms with Crippen LogP contribution < -0.4 is 9.47 Å². The van der Waals surface area contributed by atoms with Gasteiger partial charge in [0.15, 0.2) is 0 Å². The first kappa shape index (κ1) is 19.9. The fourth-order valence-electron chi connectivity index (χ4n) is 3.30. The van der Waals surface area contributed by atoms with E-state index >= 15 is 0 Å². The molecule has 0 radical (unpaired) electrons. The molecule has 6 nitrogen and oxygen atoms in total. The van der Waals surface area contributed by atoms with Gasteiger partial charge in [0.05, 0.1) is 32.5 Å². The number of amides is 1. The van der Waals surface area contributed by atoms with Crippen LogP contribution in [0.1, 0.15) is 30.5 Å². The summed E-state index contributed by atoms with van der Waals surface area (Å²) in [6.45, 7) is 3.13. The Kier molecular flexibility index (Phi) is 6.31. The van der Waals surface area contributed by atoms with Crippen LogP contribution >= 0.6 is 0 Å². The van der Waals surface area contributed by atoms with Gasteiger partial charge in [-0.05, 0) is 37.4 Å². The number of hydrazone groups is 1. The lowest BCUT2D eigenvalue weighted by Crippen LogP contribution is -2.36. The summed E-state index contributed by atoms with van der Waals surface area (Å²) in [5, 5.41) is 6.31. The van der Waals surface area contributed by atoms with Crippen molar-refractivity contribution < 1.29 is 14.3 Å². The quantitative estimate of drug-likeness (QED) is 0.738. The van der Waals surface area contributed by atoms with Crippen molar-refractivity contribution in [1.82, 2.24) is 9.91 Å². The average Bonchev–Trinajstić information content (AvgIpc) is 3.19. The monoisotopic (exact) mass is 381 g/mol. The molecule has 0 aliphatic carbocycles. The third-order valence-corrected chi connectivity index (χ3v) is 5.01. The van der Waals surface area contributed by atoms with Crippen LogP contribution in [-0.2, 0) is 4.79 Å². The second-order valence-electron chi connectivity index (χ2n) is 6.81. The largest absolute Gasteiger partial charge is 0.497 e. The highest BCUT2D eigenvalue weighted by atomic mass is 16.5. The van der Waals surface area contributed by atoms with Gasteiger partial charge in [-0.25, -0.2) is 5.01 Å². The molecular weight excluding hydrogens is 354 g/mol. The summed E-state index contributed by atoms with van der Waals surface area (Å²) in [5.41, 5.74) is 2.81. The number of hydrogen-bond acceptors (Lipinski definition) is 5. The molecule has 1 amide bonds. The topological polar surface area (TPSA) is 54.4 Å². The summed E-state index contributed by atoms with van der Waals surface area (Å²) in [6, 6.07) is 15.4. The maximum absolute atomic E-state index is 13.0. The van der Waals surface area contributed by atoms with Crippen molar-refractivity contribution in [2.75, 3.05) is 34.4 Å². The number of likely N-dealkylation sites (N-methyl/N-ethyl adjacent to an activating group) is 1. The Bertz CT molecular complexity index is 851. The van der Waals surface area contributed by atoms with Crippen LogP contribution in [0, 0.1) is 0 Å². The lowest BCUT2D eigenvalue weighted by molar-refractivity contribution is -0.133. The summed E-state index contributed by atoms with van der Waals surface area (Å²) in [7, 11) is 5.19. The zero-order valence-electron chi connectivity index (χ0n) is 16.9. The highest BCUT2D eigenvalue weighted by Crippen LogP contribution is 2.39. The molecule has 0 saturated heterocycles. The van der Waals surface area contributed by atoms with E-state index in [4.69, 9.17) is 14.6 Å². The predicted octanol–water partition coefficient (Wildman–Crippen LogP) is 3.33. The number of nitrogens with zero attached hydrogens (tertiary/aromatic N) is 3. The minimum Gasteiger partial charge on any atom is -0.497 e. The van der Waals surface area contributed by atoms with E-state index in [1.165, 1.54) is 0 Å². The van der Waals surface area contributed by atoms with Crippen LogP contribution in [-0.4, -0.2) is 55.9 Å². The molecule has 3 rings (SSSR count). The number of benzene rings is 2. The normalized spacial score (nSPS) is 16.2. The number of carbonyl (C=O) groups is 1. The lowest BCUT2D eigenvalue weighted by Gasteiger charge is -2.25. The smallest absolute Gasteiger partial charge is 0.257 e. The fraction of sp³-hybridized carbons (Fsp3) is 0.364. The van der Waals surface area contributed by atoms with Gasteiger partial charge in [-0.2, -0.15) is 5.10 Å². The number of hydrogen-bond donors (Lipinski definition) is 0. The van der Waals surface area contributed by atoms with Crippen molar-refractivity contribution >= 4 is 11.6 Å². The van der Waals surface area contributed by atoms with E-state index in [0.29, 0.717) is 13.0 Å². The Morgan fingerprint density at radius 3 is 2.57 bits per heavy atom. The number of ether oxygens (including phenoxy) is 2. The molecule has 148 valence electrons. The molecule has 0 N–H and O–H groups in total. The van der Waals surface area contributed by atoms with Crippen molar-refractivity contribution in [3.63, 3.8) is 0 Å². The van der Waals surface area contributed by atoms with Crippen LogP contribution in [0.2, 0.25) is 0 Å². The molecule has 1 aliphatic heterocycles. The van der Waals surface area contributed by atoms with Gasteiger partial charge < -0.3 is 9.47 Å². The van der Waals surface area contributed by atoms with E-state index < -0.39 is 0 Å². The van der Waals surface area contributed by atoms with E-state index in [-0.39, 0.29) is 11.9 Å². The number of carbonyl (C=O) groups excluding carboxylic acids is 1. The van der Waals surface area contributed by atoms with E-state index in [9.17, 15) is 4.79 Å². The minimum absolute atomic E-state index is 0.0369. The lowest BCUT2D eigenvalue weighted by atomic mass is 9.97. The highest BCUT2D eigenvalue weighted by Gasteiger charge is 2.35. The molecule has 1 heterocycles. The molecule has 0 fully saturated rings. The Morgan fingerprint density at radius 2 is 1.93 bits per heavy atom. The number of rotatable bonds is 7. The minimum atomic E-state index is -0.238. The molecule has 28 heavy (non-hydrogen) atoms. The summed E-state index contributed by atoms with van der Waals surface area (Å²) >= 11 is 0. The zero-order chi connectivity index (χ0) is 20.1. The van der Waals surface area contributed by atoms with Crippen LogP contribution in [0.25, 0.3) is 0 Å². The molecule has 1 unspecified atom stereocenters. The van der Waals surface area contributed by atoms with Gasteiger partial charge in [0.1, 0.15) is 11.5 Å². The Balaban J connectivity index is 2.00. The Hall–Kier alpha value is -2.86. The van der Waals surface area contributed by atoms with Crippen molar-refractivity contribution in [1.29, 1.82) is 0 Å². The number of methoxy groups -OCH3 is 2. The molecular formula is C22H27N3O3. The fourth-order valence-corrected chi connectivity index (χ4v) is 3.30. The molecule has 2 aromatic rings. The van der Waals surface area contributed by atoms with Gasteiger partial charge in [0, 0.05) is 12.0 Å². The first-order valence-corrected chi connectivity index (χ1v) is 9.42. The van der Waals surface area contributed by atoms with Crippen LogP contribution in [0.3, 0.4) is 0 Å². The summed E-state index contributed by atoms with van der Waals surface area (Å²) in [5.74, 6) is 1.41. The van der Waals surface area contributed by atoms with Gasteiger partial charge >= 0.3 is 0 Å². The molecule has 0 spiro atoms. The van der Waals surface area contributed by atoms with E-state index in [2.05, 4.69) is 0 Å². The molecule has 1 atom stereocenters. The summed E-state index contributed by atoms with van der Waals surface area (Å²) in [6.07, 6.45) is 0.620. The maximum atomic E-state index is 13.0. The molecule has 1 aliphatic rings. The first-order chi connectivity index (χ1) is 13.6. The third kappa shape index (κ3) is 4.17. The highest BCUT2D eigenvalue weighted by molar-refractivity contribution is 6.03. The predicted molar refractivity (Wildman–Crippen MR) is 110 cm³/mol. The molecule has 0 bridgehead atoms. The van der Waals surface area contributed by atoms with E-state index in [1.807, 2.05) is 67.4 Å². The molecule has 0 saturated carbocycles. The summed E-state index contributed by atoms with van der Waals surface area (Å²) in [4.78, 5) is 15.0. The van der Waals surface area contributed by atoms with Crippen LogP contribution in [0.4, 0.5) is 0 Å². The molecule has 2 aromatic carbocycles. The van der Waals surface area contributed by atoms with Gasteiger partial charge in [0.25, 0.3) is 5.91 Å². The SMILES string of the molecule is CCN(C)CC(=O)N1N=C(c2ccccc2)CC1c1cc(OC)ccc1OC. The van der Waals surface area contributed by atoms with Crippen molar-refractivity contribution in [2.24, 2.45) is 5.10 Å². The second kappa shape index (κ2) is 8.89. The van der Waals surface area contributed by atoms with Gasteiger partial charge in [-0.15, -0.1) is 0 Å². The van der Waals surface area contributed by atoms with E-state index in [1.54, 1.807) is 19.2 Å². The van der Waals surface area contributed by atoms with Crippen LogP contribution in [0.5, 0.6) is 11.5 Å².